The highest BCUT2D eigenvalue weighted by molar-refractivity contribution is 9.10. The molecule has 1 aliphatic heterocycles. The SMILES string of the molecule is CCSc1nc2n(n1)C(c1cc(Br)c(O)c(OC)c1)C(C(=O)Nc1cccc(C)c1C)=C(C)N2. The van der Waals surface area contributed by atoms with Gasteiger partial charge in [0.05, 0.1) is 17.2 Å². The van der Waals surface area contributed by atoms with E-state index in [-0.39, 0.29) is 11.7 Å². The third kappa shape index (κ3) is 4.39. The van der Waals surface area contributed by atoms with Gasteiger partial charge in [-0.3, -0.25) is 4.79 Å². The molecule has 0 saturated heterocycles. The quantitative estimate of drug-likeness (QED) is 0.357. The second-order valence-corrected chi connectivity index (χ2v) is 10.0. The number of carbonyl (C=O) groups excluding carboxylic acids is 1. The average Bonchev–Trinajstić information content (AvgIpc) is 3.19. The lowest BCUT2D eigenvalue weighted by atomic mass is 9.94. The molecular formula is C24H26BrN5O3S. The summed E-state index contributed by atoms with van der Waals surface area (Å²) in [4.78, 5) is 18.3. The number of halogens is 1. The molecule has 1 atom stereocenters. The van der Waals surface area contributed by atoms with Crippen molar-refractivity contribution < 1.29 is 14.6 Å². The van der Waals surface area contributed by atoms with Crippen molar-refractivity contribution in [3.63, 3.8) is 0 Å². The molecule has 0 spiro atoms. The smallest absolute Gasteiger partial charge is 0.255 e. The zero-order valence-corrected chi connectivity index (χ0v) is 22.0. The van der Waals surface area contributed by atoms with Crippen LogP contribution in [0.15, 0.2) is 51.2 Å². The molecular weight excluding hydrogens is 518 g/mol. The molecule has 0 bridgehead atoms. The van der Waals surface area contributed by atoms with Crippen molar-refractivity contribution in [3.05, 3.63) is 62.8 Å². The van der Waals surface area contributed by atoms with Crippen LogP contribution >= 0.6 is 27.7 Å². The maximum absolute atomic E-state index is 13.7. The fourth-order valence-electron chi connectivity index (χ4n) is 3.91. The molecule has 1 unspecified atom stereocenters. The summed E-state index contributed by atoms with van der Waals surface area (Å²) in [5.41, 5.74) is 4.73. The van der Waals surface area contributed by atoms with Crippen LogP contribution in [0.5, 0.6) is 11.5 Å². The molecule has 0 fully saturated rings. The van der Waals surface area contributed by atoms with Gasteiger partial charge >= 0.3 is 0 Å². The van der Waals surface area contributed by atoms with Crippen molar-refractivity contribution in [3.8, 4) is 11.5 Å². The summed E-state index contributed by atoms with van der Waals surface area (Å²) in [6, 6.07) is 8.71. The molecule has 2 heterocycles. The minimum Gasteiger partial charge on any atom is -0.503 e. The molecule has 34 heavy (non-hydrogen) atoms. The van der Waals surface area contributed by atoms with Crippen LogP contribution in [0.1, 0.15) is 36.6 Å². The lowest BCUT2D eigenvalue weighted by molar-refractivity contribution is -0.113. The van der Waals surface area contributed by atoms with Crippen LogP contribution in [0.3, 0.4) is 0 Å². The molecule has 178 valence electrons. The minimum atomic E-state index is -0.592. The van der Waals surface area contributed by atoms with Crippen LogP contribution in [0.4, 0.5) is 11.6 Å². The normalized spacial score (nSPS) is 15.1. The van der Waals surface area contributed by atoms with Crippen molar-refractivity contribution in [1.29, 1.82) is 0 Å². The third-order valence-corrected chi connectivity index (χ3v) is 7.11. The molecule has 0 aliphatic carbocycles. The van der Waals surface area contributed by atoms with Gasteiger partial charge < -0.3 is 20.5 Å². The van der Waals surface area contributed by atoms with Crippen molar-refractivity contribution in [2.24, 2.45) is 0 Å². The Morgan fingerprint density at radius 1 is 1.32 bits per heavy atom. The zero-order valence-electron chi connectivity index (χ0n) is 19.6. The van der Waals surface area contributed by atoms with Crippen LogP contribution in [0, 0.1) is 13.8 Å². The predicted molar refractivity (Wildman–Crippen MR) is 138 cm³/mol. The minimum absolute atomic E-state index is 0.0108. The van der Waals surface area contributed by atoms with E-state index in [2.05, 4.69) is 36.6 Å². The van der Waals surface area contributed by atoms with Crippen LogP contribution in [0.2, 0.25) is 0 Å². The Kier molecular flexibility index (Phi) is 6.90. The zero-order chi connectivity index (χ0) is 24.6. The van der Waals surface area contributed by atoms with Crippen LogP contribution in [0.25, 0.3) is 0 Å². The summed E-state index contributed by atoms with van der Waals surface area (Å²) in [7, 11) is 1.49. The molecule has 2 aromatic carbocycles. The summed E-state index contributed by atoms with van der Waals surface area (Å²) in [5.74, 6) is 1.39. The maximum atomic E-state index is 13.7. The second kappa shape index (κ2) is 9.71. The Labute approximate surface area is 210 Å². The number of thioether (sulfide) groups is 1. The van der Waals surface area contributed by atoms with Gasteiger partial charge in [0.25, 0.3) is 5.91 Å². The van der Waals surface area contributed by atoms with Crippen molar-refractivity contribution in [2.75, 3.05) is 23.5 Å². The first-order valence-electron chi connectivity index (χ1n) is 10.8. The van der Waals surface area contributed by atoms with E-state index in [0.717, 1.165) is 22.6 Å². The van der Waals surface area contributed by atoms with E-state index in [1.165, 1.54) is 18.9 Å². The number of aromatic hydroxyl groups is 1. The fraction of sp³-hybridized carbons (Fsp3) is 0.292. The van der Waals surface area contributed by atoms with Gasteiger partial charge in [-0.05, 0) is 77.3 Å². The highest BCUT2D eigenvalue weighted by Gasteiger charge is 2.35. The fourth-order valence-corrected chi connectivity index (χ4v) is 4.92. The van der Waals surface area contributed by atoms with Gasteiger partial charge in [0.15, 0.2) is 11.5 Å². The number of ether oxygens (including phenoxy) is 1. The summed E-state index contributed by atoms with van der Waals surface area (Å²) in [6.07, 6.45) is 0. The topological polar surface area (TPSA) is 101 Å². The monoisotopic (exact) mass is 543 g/mol. The molecule has 3 N–H and O–H groups in total. The maximum Gasteiger partial charge on any atom is 0.255 e. The van der Waals surface area contributed by atoms with Crippen molar-refractivity contribution >= 4 is 45.2 Å². The highest BCUT2D eigenvalue weighted by Crippen LogP contribution is 2.42. The number of phenols is 1. The second-order valence-electron chi connectivity index (χ2n) is 7.92. The van der Waals surface area contributed by atoms with Crippen LogP contribution < -0.4 is 15.4 Å². The van der Waals surface area contributed by atoms with Crippen molar-refractivity contribution in [1.82, 2.24) is 14.8 Å². The number of anilines is 2. The van der Waals surface area contributed by atoms with Gasteiger partial charge in [-0.2, -0.15) is 4.98 Å². The Morgan fingerprint density at radius 2 is 2.09 bits per heavy atom. The highest BCUT2D eigenvalue weighted by atomic mass is 79.9. The number of hydrogen-bond acceptors (Lipinski definition) is 7. The number of methoxy groups -OCH3 is 1. The third-order valence-electron chi connectivity index (χ3n) is 5.79. The lowest BCUT2D eigenvalue weighted by Crippen LogP contribution is -2.31. The molecule has 8 nitrogen and oxygen atoms in total. The Balaban J connectivity index is 1.85. The first kappa shape index (κ1) is 24.2. The van der Waals surface area contributed by atoms with E-state index in [9.17, 15) is 9.90 Å². The average molecular weight is 544 g/mol. The molecule has 1 aliphatic rings. The number of nitrogens with one attached hydrogen (secondary N) is 2. The number of aryl methyl sites for hydroxylation is 1. The molecule has 10 heteroatoms. The van der Waals surface area contributed by atoms with E-state index < -0.39 is 6.04 Å². The van der Waals surface area contributed by atoms with Gasteiger partial charge in [0, 0.05) is 11.4 Å². The molecule has 0 saturated carbocycles. The molecule has 1 aromatic heterocycles. The number of hydrogen-bond donors (Lipinski definition) is 3. The molecule has 1 amide bonds. The molecule has 3 aromatic rings. The number of benzene rings is 2. The number of rotatable bonds is 6. The van der Waals surface area contributed by atoms with Crippen LogP contribution in [-0.4, -0.2) is 38.6 Å². The number of aromatic nitrogens is 3. The molecule has 0 radical (unpaired) electrons. The summed E-state index contributed by atoms with van der Waals surface area (Å²) >= 11 is 4.93. The number of nitrogens with zero attached hydrogens (tertiary/aromatic N) is 3. The van der Waals surface area contributed by atoms with E-state index in [0.29, 0.717) is 38.2 Å². The van der Waals surface area contributed by atoms with Gasteiger partial charge in [0.1, 0.15) is 6.04 Å². The van der Waals surface area contributed by atoms with Gasteiger partial charge in [-0.1, -0.05) is 30.8 Å². The van der Waals surface area contributed by atoms with Crippen LogP contribution in [-0.2, 0) is 4.79 Å². The Bertz CT molecular complexity index is 1300. The number of amides is 1. The van der Waals surface area contributed by atoms with Gasteiger partial charge in [-0.25, -0.2) is 4.68 Å². The summed E-state index contributed by atoms with van der Waals surface area (Å²) in [6.45, 7) is 7.87. The Hall–Kier alpha value is -2.98. The first-order chi connectivity index (χ1) is 16.2. The standard InChI is InChI=1S/C24H26BrN5O3S/c1-6-34-24-28-23-26-14(4)19(22(32)27-17-9-7-8-12(2)13(17)3)20(30(23)29-24)15-10-16(25)21(31)18(11-15)33-5/h7-11,20,31H,6H2,1-5H3,(H,27,32)(H,26,28,29). The summed E-state index contributed by atoms with van der Waals surface area (Å²) in [5, 5.41) is 22.0. The molecule has 4 rings (SSSR count). The number of phenolic OH excluding ortho intramolecular Hbond substituents is 1. The Morgan fingerprint density at radius 3 is 2.79 bits per heavy atom. The predicted octanol–water partition coefficient (Wildman–Crippen LogP) is 5.41. The number of fused-ring (bicyclic) bond motifs is 1. The summed E-state index contributed by atoms with van der Waals surface area (Å²) < 4.78 is 7.54. The van der Waals surface area contributed by atoms with E-state index in [1.54, 1.807) is 16.8 Å². The van der Waals surface area contributed by atoms with Gasteiger partial charge in [0.2, 0.25) is 11.1 Å². The first-order valence-corrected chi connectivity index (χ1v) is 12.5. The number of carbonyl (C=O) groups is 1. The van der Waals surface area contributed by atoms with E-state index in [4.69, 9.17) is 4.74 Å². The van der Waals surface area contributed by atoms with Crippen molar-refractivity contribution in [2.45, 2.75) is 38.9 Å². The lowest BCUT2D eigenvalue weighted by Gasteiger charge is -2.29. The number of allylic oxidation sites excluding steroid dienone is 1. The van der Waals surface area contributed by atoms with E-state index in [1.807, 2.05) is 45.9 Å². The van der Waals surface area contributed by atoms with E-state index >= 15 is 0 Å². The largest absolute Gasteiger partial charge is 0.503 e. The van der Waals surface area contributed by atoms with Gasteiger partial charge in [-0.15, -0.1) is 5.10 Å².